The van der Waals surface area contributed by atoms with Gasteiger partial charge in [0.2, 0.25) is 0 Å². The van der Waals surface area contributed by atoms with Gasteiger partial charge in [-0.3, -0.25) is 4.79 Å². The van der Waals surface area contributed by atoms with E-state index in [0.29, 0.717) is 11.1 Å². The Balaban J connectivity index is 2.49. The van der Waals surface area contributed by atoms with Crippen molar-refractivity contribution in [1.82, 2.24) is 0 Å². The molecule has 21 heavy (non-hydrogen) atoms. The van der Waals surface area contributed by atoms with Gasteiger partial charge in [-0.25, -0.2) is 8.42 Å². The molecule has 0 N–H and O–H groups in total. The molecule has 0 saturated heterocycles. The van der Waals surface area contributed by atoms with Crippen LogP contribution in [0.15, 0.2) is 47.4 Å². The standard InChI is InChI=1S/C17H14O3S/c1-3-4-14-11-15(5-6-16(14)12-18)13-7-9-17(10-8-13)21(2,19)20/h5-12H,1-2H3. The fourth-order valence-electron chi connectivity index (χ4n) is 1.98. The van der Waals surface area contributed by atoms with Crippen LogP contribution in [-0.2, 0) is 9.84 Å². The van der Waals surface area contributed by atoms with Crippen LogP contribution in [0.2, 0.25) is 0 Å². The topological polar surface area (TPSA) is 51.2 Å². The minimum atomic E-state index is -3.20. The van der Waals surface area contributed by atoms with Gasteiger partial charge in [0.25, 0.3) is 0 Å². The summed E-state index contributed by atoms with van der Waals surface area (Å²) in [6, 6.07) is 12.0. The van der Waals surface area contributed by atoms with Gasteiger partial charge in [-0.05, 0) is 42.3 Å². The van der Waals surface area contributed by atoms with E-state index in [1.807, 2.05) is 12.1 Å². The highest BCUT2D eigenvalue weighted by molar-refractivity contribution is 7.90. The lowest BCUT2D eigenvalue weighted by molar-refractivity contribution is 0.112. The van der Waals surface area contributed by atoms with Crippen molar-refractivity contribution in [2.45, 2.75) is 11.8 Å². The lowest BCUT2D eigenvalue weighted by Crippen LogP contribution is -1.96. The summed E-state index contributed by atoms with van der Waals surface area (Å²) in [5.74, 6) is 5.67. The van der Waals surface area contributed by atoms with Crippen LogP contribution < -0.4 is 0 Å². The molecular weight excluding hydrogens is 284 g/mol. The Labute approximate surface area is 124 Å². The van der Waals surface area contributed by atoms with Crippen molar-refractivity contribution >= 4 is 16.1 Å². The highest BCUT2D eigenvalue weighted by Gasteiger charge is 2.08. The third kappa shape index (κ3) is 3.39. The highest BCUT2D eigenvalue weighted by Crippen LogP contribution is 2.23. The van der Waals surface area contributed by atoms with Crippen molar-refractivity contribution in [3.05, 3.63) is 53.6 Å². The van der Waals surface area contributed by atoms with Crippen LogP contribution in [0.1, 0.15) is 22.8 Å². The summed E-state index contributed by atoms with van der Waals surface area (Å²) in [6.45, 7) is 1.71. The smallest absolute Gasteiger partial charge is 0.175 e. The van der Waals surface area contributed by atoms with Crippen molar-refractivity contribution in [3.8, 4) is 23.0 Å². The average Bonchev–Trinajstić information content (AvgIpc) is 2.47. The van der Waals surface area contributed by atoms with Crippen LogP contribution in [0.25, 0.3) is 11.1 Å². The molecule has 0 aromatic heterocycles. The number of carbonyl (C=O) groups excluding carboxylic acids is 1. The Morgan fingerprint density at radius 3 is 2.14 bits per heavy atom. The summed E-state index contributed by atoms with van der Waals surface area (Å²) in [4.78, 5) is 11.3. The zero-order valence-corrected chi connectivity index (χ0v) is 12.6. The highest BCUT2D eigenvalue weighted by atomic mass is 32.2. The van der Waals surface area contributed by atoms with Gasteiger partial charge < -0.3 is 0 Å². The average molecular weight is 298 g/mol. The van der Waals surface area contributed by atoms with Crippen molar-refractivity contribution in [2.24, 2.45) is 0 Å². The lowest BCUT2D eigenvalue weighted by Gasteiger charge is -2.05. The number of aldehydes is 1. The molecule has 0 saturated carbocycles. The second-order valence-corrected chi connectivity index (χ2v) is 6.61. The zero-order chi connectivity index (χ0) is 15.5. The zero-order valence-electron chi connectivity index (χ0n) is 11.8. The van der Waals surface area contributed by atoms with E-state index >= 15 is 0 Å². The van der Waals surface area contributed by atoms with Gasteiger partial charge in [0, 0.05) is 17.4 Å². The molecule has 0 aliphatic rings. The minimum absolute atomic E-state index is 0.282. The second kappa shape index (κ2) is 5.94. The number of sulfone groups is 1. The molecule has 3 nitrogen and oxygen atoms in total. The quantitative estimate of drug-likeness (QED) is 0.646. The van der Waals surface area contributed by atoms with E-state index in [9.17, 15) is 13.2 Å². The summed E-state index contributed by atoms with van der Waals surface area (Å²) >= 11 is 0. The fourth-order valence-corrected chi connectivity index (χ4v) is 2.61. The summed E-state index contributed by atoms with van der Waals surface area (Å²) in [7, 11) is -3.20. The maximum Gasteiger partial charge on any atom is 0.175 e. The number of hydrogen-bond acceptors (Lipinski definition) is 3. The van der Waals surface area contributed by atoms with Crippen molar-refractivity contribution in [1.29, 1.82) is 0 Å². The Morgan fingerprint density at radius 1 is 1.00 bits per heavy atom. The Kier molecular flexibility index (Phi) is 4.25. The van der Waals surface area contributed by atoms with E-state index in [2.05, 4.69) is 11.8 Å². The van der Waals surface area contributed by atoms with E-state index < -0.39 is 9.84 Å². The molecule has 106 valence electrons. The van der Waals surface area contributed by atoms with Crippen LogP contribution >= 0.6 is 0 Å². The molecule has 0 radical (unpaired) electrons. The molecule has 0 unspecified atom stereocenters. The number of benzene rings is 2. The first kappa shape index (κ1) is 15.0. The molecule has 0 atom stereocenters. The Hall–Kier alpha value is -2.38. The Bertz CT molecular complexity index is 836. The van der Waals surface area contributed by atoms with E-state index in [1.165, 1.54) is 6.26 Å². The summed E-state index contributed by atoms with van der Waals surface area (Å²) in [5.41, 5.74) is 2.97. The first-order chi connectivity index (χ1) is 9.95. The summed E-state index contributed by atoms with van der Waals surface area (Å²) in [6.07, 6.45) is 1.95. The molecule has 0 amide bonds. The van der Waals surface area contributed by atoms with Gasteiger partial charge in [0.15, 0.2) is 16.1 Å². The SMILES string of the molecule is CC#Cc1cc(-c2ccc(S(C)(=O)=O)cc2)ccc1C=O. The van der Waals surface area contributed by atoms with Crippen molar-refractivity contribution in [3.63, 3.8) is 0 Å². The first-order valence-corrected chi connectivity index (χ1v) is 8.17. The molecule has 0 bridgehead atoms. The Morgan fingerprint density at radius 2 is 1.62 bits per heavy atom. The second-order valence-electron chi connectivity index (χ2n) is 4.59. The normalized spacial score (nSPS) is 10.6. The van der Waals surface area contributed by atoms with E-state index in [0.717, 1.165) is 17.4 Å². The third-order valence-electron chi connectivity index (χ3n) is 3.06. The largest absolute Gasteiger partial charge is 0.298 e. The van der Waals surface area contributed by atoms with E-state index in [1.54, 1.807) is 37.3 Å². The van der Waals surface area contributed by atoms with Gasteiger partial charge in [0.05, 0.1) is 4.90 Å². The van der Waals surface area contributed by atoms with Crippen LogP contribution in [-0.4, -0.2) is 21.0 Å². The molecule has 0 aliphatic carbocycles. The minimum Gasteiger partial charge on any atom is -0.298 e. The molecular formula is C17H14O3S. The van der Waals surface area contributed by atoms with Crippen molar-refractivity contribution in [2.75, 3.05) is 6.26 Å². The third-order valence-corrected chi connectivity index (χ3v) is 4.18. The van der Waals surface area contributed by atoms with Crippen LogP contribution in [0.5, 0.6) is 0 Å². The first-order valence-electron chi connectivity index (χ1n) is 6.28. The number of carbonyl (C=O) groups is 1. The van der Waals surface area contributed by atoms with Gasteiger partial charge in [-0.2, -0.15) is 0 Å². The van der Waals surface area contributed by atoms with Crippen LogP contribution in [0.3, 0.4) is 0 Å². The predicted octanol–water partition coefficient (Wildman–Crippen LogP) is 2.94. The molecule has 2 rings (SSSR count). The molecule has 0 heterocycles. The lowest BCUT2D eigenvalue weighted by atomic mass is 10.00. The van der Waals surface area contributed by atoms with Crippen LogP contribution in [0, 0.1) is 11.8 Å². The number of hydrogen-bond donors (Lipinski definition) is 0. The van der Waals surface area contributed by atoms with Gasteiger partial charge in [-0.1, -0.05) is 24.1 Å². The van der Waals surface area contributed by atoms with Crippen molar-refractivity contribution < 1.29 is 13.2 Å². The molecule has 0 fully saturated rings. The number of rotatable bonds is 3. The molecule has 0 spiro atoms. The molecule has 4 heteroatoms. The monoisotopic (exact) mass is 298 g/mol. The van der Waals surface area contributed by atoms with E-state index in [4.69, 9.17) is 0 Å². The van der Waals surface area contributed by atoms with Crippen LogP contribution in [0.4, 0.5) is 0 Å². The predicted molar refractivity (Wildman–Crippen MR) is 82.9 cm³/mol. The molecule has 0 aliphatic heterocycles. The van der Waals surface area contributed by atoms with Gasteiger partial charge >= 0.3 is 0 Å². The summed E-state index contributed by atoms with van der Waals surface area (Å²) < 4.78 is 22.9. The van der Waals surface area contributed by atoms with E-state index in [-0.39, 0.29) is 4.90 Å². The van der Waals surface area contributed by atoms with Gasteiger partial charge in [0.1, 0.15) is 0 Å². The summed E-state index contributed by atoms with van der Waals surface area (Å²) in [5, 5.41) is 0. The molecule has 2 aromatic rings. The fraction of sp³-hybridized carbons (Fsp3) is 0.118. The molecule has 2 aromatic carbocycles. The maximum absolute atomic E-state index is 11.4. The van der Waals surface area contributed by atoms with Gasteiger partial charge in [-0.15, -0.1) is 5.92 Å². The maximum atomic E-state index is 11.4.